The maximum absolute atomic E-state index is 13.4. The van der Waals surface area contributed by atoms with Crippen LogP contribution in [0, 0.1) is 6.92 Å². The fraction of sp³-hybridized carbons (Fsp3) is 0.231. The van der Waals surface area contributed by atoms with Crippen LogP contribution >= 0.6 is 0 Å². The number of para-hydroxylation sites is 1. The molecule has 0 radical (unpaired) electrons. The molecule has 1 atom stereocenters. The summed E-state index contributed by atoms with van der Waals surface area (Å²) in [5, 5.41) is 7.97. The van der Waals surface area contributed by atoms with Crippen LogP contribution in [0.15, 0.2) is 79.0 Å². The largest absolute Gasteiger partial charge is 0.338 e. The van der Waals surface area contributed by atoms with E-state index in [9.17, 15) is 4.79 Å². The quantitative estimate of drug-likeness (QED) is 0.500. The predicted molar refractivity (Wildman–Crippen MR) is 125 cm³/mol. The van der Waals surface area contributed by atoms with Gasteiger partial charge in [-0.3, -0.25) is 0 Å². The van der Waals surface area contributed by atoms with Crippen molar-refractivity contribution >= 4 is 6.03 Å². The van der Waals surface area contributed by atoms with Crippen LogP contribution < -0.4 is 5.32 Å². The molecular formula is C26H27N5O. The van der Waals surface area contributed by atoms with Crippen molar-refractivity contribution in [3.8, 4) is 11.5 Å². The summed E-state index contributed by atoms with van der Waals surface area (Å²) in [6, 6.07) is 24.3. The summed E-state index contributed by atoms with van der Waals surface area (Å²) in [7, 11) is 0. The van der Waals surface area contributed by atoms with Crippen molar-refractivity contribution in [2.24, 2.45) is 0 Å². The van der Waals surface area contributed by atoms with Gasteiger partial charge in [0.15, 0.2) is 0 Å². The number of benzene rings is 2. The first kappa shape index (κ1) is 20.1. The van der Waals surface area contributed by atoms with Crippen molar-refractivity contribution in [3.05, 3.63) is 102 Å². The van der Waals surface area contributed by atoms with E-state index in [1.165, 1.54) is 0 Å². The van der Waals surface area contributed by atoms with E-state index < -0.39 is 0 Å². The standard InChI is InChI=1S/C26H27N5O/c1-3-16-27-26(32)30-18-22-19(2)28-31(21-13-8-5-9-14-21)25(22)29-17-10-15-23(29)24(30)20-11-6-4-7-12-20/h4-15,17,24H,3,16,18H2,1-2H3,(H,27,32)/t24-/m1/s1. The molecule has 0 spiro atoms. The van der Waals surface area contributed by atoms with Crippen molar-refractivity contribution in [1.82, 2.24) is 24.6 Å². The highest BCUT2D eigenvalue weighted by molar-refractivity contribution is 5.76. The SMILES string of the molecule is CCCNC(=O)N1Cc2c(C)nn(-c3ccccc3)c2-n2cccc2[C@H]1c1ccccc1. The second-order valence-corrected chi connectivity index (χ2v) is 8.11. The number of hydrogen-bond acceptors (Lipinski definition) is 2. The molecule has 1 N–H and O–H groups in total. The molecule has 2 aromatic carbocycles. The van der Waals surface area contributed by atoms with Crippen molar-refractivity contribution in [1.29, 1.82) is 0 Å². The summed E-state index contributed by atoms with van der Waals surface area (Å²) in [6.07, 6.45) is 2.96. The maximum atomic E-state index is 13.4. The number of nitrogens with zero attached hydrogens (tertiary/aromatic N) is 4. The van der Waals surface area contributed by atoms with Gasteiger partial charge in [-0.1, -0.05) is 55.5 Å². The molecule has 0 bridgehead atoms. The van der Waals surface area contributed by atoms with Crippen molar-refractivity contribution in [2.45, 2.75) is 32.9 Å². The lowest BCUT2D eigenvalue weighted by Crippen LogP contribution is -2.42. The third-order valence-corrected chi connectivity index (χ3v) is 5.99. The van der Waals surface area contributed by atoms with Crippen LogP contribution in [0.2, 0.25) is 0 Å². The van der Waals surface area contributed by atoms with Crippen LogP contribution in [-0.4, -0.2) is 31.8 Å². The first-order chi connectivity index (χ1) is 15.7. The Morgan fingerprint density at radius 3 is 2.47 bits per heavy atom. The molecule has 0 fully saturated rings. The van der Waals surface area contributed by atoms with Gasteiger partial charge in [-0.2, -0.15) is 5.10 Å². The first-order valence-corrected chi connectivity index (χ1v) is 11.1. The van der Waals surface area contributed by atoms with Gasteiger partial charge in [-0.25, -0.2) is 9.48 Å². The Morgan fingerprint density at radius 1 is 1.03 bits per heavy atom. The zero-order valence-electron chi connectivity index (χ0n) is 18.4. The monoisotopic (exact) mass is 425 g/mol. The summed E-state index contributed by atoms with van der Waals surface area (Å²) in [4.78, 5) is 15.3. The second-order valence-electron chi connectivity index (χ2n) is 8.11. The molecule has 32 heavy (non-hydrogen) atoms. The molecule has 0 unspecified atom stereocenters. The topological polar surface area (TPSA) is 55.1 Å². The molecule has 6 heteroatoms. The fourth-order valence-corrected chi connectivity index (χ4v) is 4.47. The molecule has 5 rings (SSSR count). The molecular weight excluding hydrogens is 398 g/mol. The number of aromatic nitrogens is 3. The Labute approximate surface area is 188 Å². The summed E-state index contributed by atoms with van der Waals surface area (Å²) in [5.41, 5.74) is 5.10. The number of rotatable bonds is 4. The molecule has 4 aromatic rings. The summed E-state index contributed by atoms with van der Waals surface area (Å²) in [5.74, 6) is 0.987. The normalized spacial score (nSPS) is 15.1. The smallest absolute Gasteiger partial charge is 0.318 e. The highest BCUT2D eigenvalue weighted by Gasteiger charge is 2.35. The van der Waals surface area contributed by atoms with Gasteiger partial charge in [0.25, 0.3) is 0 Å². The van der Waals surface area contributed by atoms with Crippen LogP contribution in [0.5, 0.6) is 0 Å². The lowest BCUT2D eigenvalue weighted by atomic mass is 10.0. The maximum Gasteiger partial charge on any atom is 0.318 e. The van der Waals surface area contributed by atoms with E-state index in [0.717, 1.165) is 40.4 Å². The number of carbonyl (C=O) groups is 1. The van der Waals surface area contributed by atoms with E-state index in [-0.39, 0.29) is 12.1 Å². The van der Waals surface area contributed by atoms with E-state index in [0.29, 0.717) is 13.1 Å². The van der Waals surface area contributed by atoms with Crippen LogP contribution in [0.3, 0.4) is 0 Å². The van der Waals surface area contributed by atoms with Gasteiger partial charge in [0, 0.05) is 18.3 Å². The van der Waals surface area contributed by atoms with Crippen LogP contribution in [0.1, 0.15) is 41.9 Å². The molecule has 0 saturated carbocycles. The van der Waals surface area contributed by atoms with Crippen LogP contribution in [0.25, 0.3) is 11.5 Å². The van der Waals surface area contributed by atoms with Crippen molar-refractivity contribution in [3.63, 3.8) is 0 Å². The van der Waals surface area contributed by atoms with Gasteiger partial charge in [-0.15, -0.1) is 0 Å². The molecule has 2 aromatic heterocycles. The molecule has 0 saturated heterocycles. The van der Waals surface area contributed by atoms with E-state index in [1.54, 1.807) is 0 Å². The zero-order valence-corrected chi connectivity index (χ0v) is 18.4. The molecule has 6 nitrogen and oxygen atoms in total. The van der Waals surface area contributed by atoms with Crippen molar-refractivity contribution in [2.75, 3.05) is 6.54 Å². The van der Waals surface area contributed by atoms with Crippen LogP contribution in [-0.2, 0) is 6.54 Å². The predicted octanol–water partition coefficient (Wildman–Crippen LogP) is 5.00. The molecule has 2 amide bonds. The Balaban J connectivity index is 1.73. The minimum absolute atomic E-state index is 0.0619. The summed E-state index contributed by atoms with van der Waals surface area (Å²) in [6.45, 7) is 5.21. The van der Waals surface area contributed by atoms with Gasteiger partial charge in [0.05, 0.1) is 29.7 Å². The zero-order chi connectivity index (χ0) is 22.1. The lowest BCUT2D eigenvalue weighted by molar-refractivity contribution is 0.180. The minimum atomic E-state index is -0.209. The van der Waals surface area contributed by atoms with E-state index >= 15 is 0 Å². The third kappa shape index (κ3) is 3.38. The van der Waals surface area contributed by atoms with Gasteiger partial charge in [-0.05, 0) is 43.2 Å². The molecule has 1 aliphatic heterocycles. The average molecular weight is 426 g/mol. The van der Waals surface area contributed by atoms with E-state index in [2.05, 4.69) is 53.3 Å². The third-order valence-electron chi connectivity index (χ3n) is 5.99. The Kier molecular flexibility index (Phi) is 5.27. The number of carbonyl (C=O) groups excluding carboxylic acids is 1. The van der Waals surface area contributed by atoms with Gasteiger partial charge >= 0.3 is 6.03 Å². The van der Waals surface area contributed by atoms with E-state index in [4.69, 9.17) is 5.10 Å². The van der Waals surface area contributed by atoms with Gasteiger partial charge < -0.3 is 14.8 Å². The Bertz CT molecular complexity index is 1230. The molecule has 0 aliphatic carbocycles. The second kappa shape index (κ2) is 8.38. The number of hydrogen-bond donors (Lipinski definition) is 1. The van der Waals surface area contributed by atoms with E-state index in [1.807, 2.05) is 59.0 Å². The van der Waals surface area contributed by atoms with Gasteiger partial charge in [0.2, 0.25) is 0 Å². The number of aryl methyl sites for hydroxylation is 1. The fourth-order valence-electron chi connectivity index (χ4n) is 4.47. The summed E-state index contributed by atoms with van der Waals surface area (Å²) >= 11 is 0. The average Bonchev–Trinajstić information content (AvgIpc) is 3.39. The van der Waals surface area contributed by atoms with Crippen molar-refractivity contribution < 1.29 is 4.79 Å². The van der Waals surface area contributed by atoms with Crippen LogP contribution in [0.4, 0.5) is 4.79 Å². The number of urea groups is 1. The van der Waals surface area contributed by atoms with Gasteiger partial charge in [0.1, 0.15) is 5.82 Å². The highest BCUT2D eigenvalue weighted by atomic mass is 16.2. The summed E-state index contributed by atoms with van der Waals surface area (Å²) < 4.78 is 4.18. The molecule has 162 valence electrons. The number of nitrogens with one attached hydrogen (secondary N) is 1. The lowest BCUT2D eigenvalue weighted by Gasteiger charge is -2.31. The Morgan fingerprint density at radius 2 is 1.75 bits per heavy atom. The molecule has 1 aliphatic rings. The molecule has 3 heterocycles. The number of amides is 2. The highest BCUT2D eigenvalue weighted by Crippen LogP contribution is 2.38. The minimum Gasteiger partial charge on any atom is -0.338 e. The Hall–Kier alpha value is -3.80. The number of fused-ring (bicyclic) bond motifs is 3. The first-order valence-electron chi connectivity index (χ1n) is 11.1.